The van der Waals surface area contributed by atoms with Crippen LogP contribution in [-0.2, 0) is 6.54 Å². The molecule has 0 amide bonds. The largest absolute Gasteiger partial charge is 0.309 e. The van der Waals surface area contributed by atoms with Crippen LogP contribution in [0.25, 0.3) is 0 Å². The van der Waals surface area contributed by atoms with Crippen LogP contribution < -0.4 is 5.32 Å². The van der Waals surface area contributed by atoms with Crippen molar-refractivity contribution in [1.82, 2.24) is 20.0 Å². The molecule has 1 heterocycles. The molecule has 1 unspecified atom stereocenters. The molecule has 18 heavy (non-hydrogen) atoms. The lowest BCUT2D eigenvalue weighted by Crippen LogP contribution is -2.28. The summed E-state index contributed by atoms with van der Waals surface area (Å²) in [6, 6.07) is 0.280. The first-order chi connectivity index (χ1) is 8.60. The monoisotopic (exact) mass is 272 g/mol. The molecular formula is C13H25ClN4. The third kappa shape index (κ3) is 4.26. The van der Waals surface area contributed by atoms with Crippen LogP contribution in [0.15, 0.2) is 6.20 Å². The predicted molar refractivity (Wildman–Crippen MR) is 77.1 cm³/mol. The van der Waals surface area contributed by atoms with Crippen molar-refractivity contribution >= 4 is 11.6 Å². The number of halogens is 1. The smallest absolute Gasteiger partial charge is 0.0834 e. The maximum absolute atomic E-state index is 6.28. The minimum absolute atomic E-state index is 0.280. The molecule has 4 nitrogen and oxygen atoms in total. The Labute approximate surface area is 115 Å². The average Bonchev–Trinajstić information content (AvgIpc) is 2.71. The second-order valence-electron chi connectivity index (χ2n) is 4.79. The zero-order valence-corrected chi connectivity index (χ0v) is 12.7. The van der Waals surface area contributed by atoms with Gasteiger partial charge in [-0.2, -0.15) is 5.10 Å². The van der Waals surface area contributed by atoms with E-state index in [1.807, 2.05) is 4.68 Å². The van der Waals surface area contributed by atoms with Gasteiger partial charge in [-0.05, 0) is 47.0 Å². The molecule has 0 saturated heterocycles. The van der Waals surface area contributed by atoms with Crippen molar-refractivity contribution in [2.45, 2.75) is 39.3 Å². The van der Waals surface area contributed by atoms with E-state index in [2.05, 4.69) is 43.3 Å². The van der Waals surface area contributed by atoms with Crippen molar-refractivity contribution in [1.29, 1.82) is 0 Å². The molecule has 0 aliphatic heterocycles. The van der Waals surface area contributed by atoms with Gasteiger partial charge in [-0.3, -0.25) is 4.68 Å². The summed E-state index contributed by atoms with van der Waals surface area (Å²) in [6.07, 6.45) is 3.91. The summed E-state index contributed by atoms with van der Waals surface area (Å²) in [4.78, 5) is 2.20. The number of hydrogen-bond donors (Lipinski definition) is 1. The van der Waals surface area contributed by atoms with Crippen molar-refractivity contribution in [2.24, 2.45) is 0 Å². The molecule has 0 radical (unpaired) electrons. The van der Waals surface area contributed by atoms with E-state index >= 15 is 0 Å². The molecule has 1 N–H and O–H groups in total. The molecule has 1 rings (SSSR count). The molecule has 1 aromatic heterocycles. The predicted octanol–water partition coefficient (Wildman–Crippen LogP) is 2.55. The highest BCUT2D eigenvalue weighted by Crippen LogP contribution is 2.25. The van der Waals surface area contributed by atoms with Gasteiger partial charge in [0.1, 0.15) is 0 Å². The Morgan fingerprint density at radius 1 is 1.44 bits per heavy atom. The molecule has 0 spiro atoms. The Morgan fingerprint density at radius 2 is 2.17 bits per heavy atom. The summed E-state index contributed by atoms with van der Waals surface area (Å²) in [5.41, 5.74) is 1.12. The van der Waals surface area contributed by atoms with Gasteiger partial charge in [-0.15, -0.1) is 0 Å². The number of nitrogens with one attached hydrogen (secondary N) is 1. The van der Waals surface area contributed by atoms with E-state index in [1.54, 1.807) is 6.20 Å². The zero-order valence-electron chi connectivity index (χ0n) is 11.9. The fraction of sp³-hybridized carbons (Fsp3) is 0.769. The second kappa shape index (κ2) is 7.77. The fourth-order valence-electron chi connectivity index (χ4n) is 2.01. The summed E-state index contributed by atoms with van der Waals surface area (Å²) in [7, 11) is 4.19. The van der Waals surface area contributed by atoms with Gasteiger partial charge >= 0.3 is 0 Å². The van der Waals surface area contributed by atoms with Gasteiger partial charge in [-0.25, -0.2) is 0 Å². The third-order valence-electron chi connectivity index (χ3n) is 2.97. The van der Waals surface area contributed by atoms with Gasteiger partial charge in [-0.1, -0.05) is 18.5 Å². The Bertz CT molecular complexity index is 349. The van der Waals surface area contributed by atoms with Gasteiger partial charge in [0.2, 0.25) is 0 Å². The molecule has 0 saturated carbocycles. The number of aryl methyl sites for hydroxylation is 1. The van der Waals surface area contributed by atoms with Gasteiger partial charge < -0.3 is 10.2 Å². The van der Waals surface area contributed by atoms with E-state index in [-0.39, 0.29) is 6.04 Å². The highest BCUT2D eigenvalue weighted by Gasteiger charge is 2.19. The van der Waals surface area contributed by atoms with Crippen LogP contribution in [0.4, 0.5) is 0 Å². The maximum Gasteiger partial charge on any atom is 0.0834 e. The van der Waals surface area contributed by atoms with Gasteiger partial charge in [0.25, 0.3) is 0 Å². The minimum Gasteiger partial charge on any atom is -0.309 e. The molecule has 0 aromatic carbocycles. The number of hydrogen-bond acceptors (Lipinski definition) is 3. The van der Waals surface area contributed by atoms with E-state index in [0.717, 1.165) is 43.2 Å². The van der Waals surface area contributed by atoms with Crippen molar-refractivity contribution in [3.05, 3.63) is 16.9 Å². The van der Waals surface area contributed by atoms with Crippen molar-refractivity contribution < 1.29 is 0 Å². The normalized spacial score (nSPS) is 13.2. The van der Waals surface area contributed by atoms with Crippen LogP contribution in [0.2, 0.25) is 5.02 Å². The summed E-state index contributed by atoms with van der Waals surface area (Å²) in [6.45, 7) is 7.16. The summed E-state index contributed by atoms with van der Waals surface area (Å²) in [5, 5.41) is 8.66. The highest BCUT2D eigenvalue weighted by molar-refractivity contribution is 6.31. The second-order valence-corrected chi connectivity index (χ2v) is 5.20. The Kier molecular flexibility index (Phi) is 6.68. The van der Waals surface area contributed by atoms with E-state index < -0.39 is 0 Å². The quantitative estimate of drug-likeness (QED) is 0.790. The lowest BCUT2D eigenvalue weighted by Gasteiger charge is -2.22. The molecule has 5 heteroatoms. The highest BCUT2D eigenvalue weighted by atomic mass is 35.5. The third-order valence-corrected chi connectivity index (χ3v) is 3.26. The van der Waals surface area contributed by atoms with Crippen LogP contribution in [0.5, 0.6) is 0 Å². The topological polar surface area (TPSA) is 33.1 Å². The van der Waals surface area contributed by atoms with Gasteiger partial charge in [0.15, 0.2) is 0 Å². The van der Waals surface area contributed by atoms with Crippen molar-refractivity contribution in [3.8, 4) is 0 Å². The lowest BCUT2D eigenvalue weighted by atomic mass is 10.1. The molecule has 1 atom stereocenters. The van der Waals surface area contributed by atoms with E-state index in [1.165, 1.54) is 0 Å². The van der Waals surface area contributed by atoms with Crippen LogP contribution in [0.1, 0.15) is 38.4 Å². The fourth-order valence-corrected chi connectivity index (χ4v) is 2.28. The molecule has 0 aliphatic carbocycles. The van der Waals surface area contributed by atoms with Crippen LogP contribution in [0, 0.1) is 0 Å². The summed E-state index contributed by atoms with van der Waals surface area (Å²) < 4.78 is 1.99. The van der Waals surface area contributed by atoms with E-state index in [9.17, 15) is 0 Å². The first kappa shape index (κ1) is 15.5. The van der Waals surface area contributed by atoms with Crippen LogP contribution in [0.3, 0.4) is 0 Å². The van der Waals surface area contributed by atoms with Gasteiger partial charge in [0, 0.05) is 6.54 Å². The summed E-state index contributed by atoms with van der Waals surface area (Å²) >= 11 is 6.28. The number of nitrogens with zero attached hydrogens (tertiary/aromatic N) is 3. The summed E-state index contributed by atoms with van der Waals surface area (Å²) in [5.74, 6) is 0. The number of aromatic nitrogens is 2. The maximum atomic E-state index is 6.28. The molecule has 0 bridgehead atoms. The lowest BCUT2D eigenvalue weighted by molar-refractivity contribution is 0.352. The Balaban J connectivity index is 2.82. The SMILES string of the molecule is CCCNC(CCN(C)C)c1c(Cl)cnn1CC. The number of rotatable bonds is 8. The first-order valence-electron chi connectivity index (χ1n) is 6.69. The molecular weight excluding hydrogens is 248 g/mol. The van der Waals surface area contributed by atoms with E-state index in [0.29, 0.717) is 0 Å². The Morgan fingerprint density at radius 3 is 2.72 bits per heavy atom. The molecule has 1 aromatic rings. The van der Waals surface area contributed by atoms with Crippen molar-refractivity contribution in [2.75, 3.05) is 27.2 Å². The van der Waals surface area contributed by atoms with Gasteiger partial charge in [0.05, 0.1) is 23.0 Å². The van der Waals surface area contributed by atoms with Crippen molar-refractivity contribution in [3.63, 3.8) is 0 Å². The first-order valence-corrected chi connectivity index (χ1v) is 7.07. The average molecular weight is 273 g/mol. The molecule has 104 valence electrons. The zero-order chi connectivity index (χ0) is 13.5. The van der Waals surface area contributed by atoms with Crippen LogP contribution in [-0.4, -0.2) is 41.9 Å². The molecule has 0 fully saturated rings. The standard InChI is InChI=1S/C13H25ClN4/c1-5-8-15-12(7-9-17(3)4)13-11(14)10-16-18(13)6-2/h10,12,15H,5-9H2,1-4H3. The Hall–Kier alpha value is -0.580. The molecule has 0 aliphatic rings. The minimum atomic E-state index is 0.280. The van der Waals surface area contributed by atoms with Crippen LogP contribution >= 0.6 is 11.6 Å². The van der Waals surface area contributed by atoms with E-state index in [4.69, 9.17) is 11.6 Å².